The van der Waals surface area contributed by atoms with Gasteiger partial charge in [-0.3, -0.25) is 4.79 Å². The van der Waals surface area contributed by atoms with Gasteiger partial charge in [0.25, 0.3) is 0 Å². The molecular weight excluding hydrogens is 168 g/mol. The fourth-order valence-corrected chi connectivity index (χ4v) is 1.57. The normalized spacial score (nSPS) is 17.9. The quantitative estimate of drug-likeness (QED) is 0.642. The molecule has 0 aromatic heterocycles. The molecule has 2 unspecified atom stereocenters. The molecule has 2 atom stereocenters. The second kappa shape index (κ2) is 4.42. The van der Waals surface area contributed by atoms with Crippen LogP contribution in [0.5, 0.6) is 0 Å². The summed E-state index contributed by atoms with van der Waals surface area (Å²) in [5, 5.41) is 18.9. The molecule has 3 nitrogen and oxygen atoms in total. The zero-order valence-electron chi connectivity index (χ0n) is 8.45. The first-order valence-corrected chi connectivity index (χ1v) is 4.47. The molecule has 0 rings (SSSR count). The Balaban J connectivity index is 4.90. The lowest BCUT2D eigenvalue weighted by Gasteiger charge is -2.32. The SMILES string of the molecule is C=CC(O)(CC)C(C(=O)O)C(C)C. The molecule has 0 amide bonds. The van der Waals surface area contributed by atoms with Crippen LogP contribution < -0.4 is 0 Å². The summed E-state index contributed by atoms with van der Waals surface area (Å²) < 4.78 is 0. The molecule has 13 heavy (non-hydrogen) atoms. The van der Waals surface area contributed by atoms with Crippen LogP contribution in [-0.2, 0) is 4.79 Å². The predicted molar refractivity (Wildman–Crippen MR) is 51.4 cm³/mol. The summed E-state index contributed by atoms with van der Waals surface area (Å²) >= 11 is 0. The maximum absolute atomic E-state index is 10.9. The highest BCUT2D eigenvalue weighted by atomic mass is 16.4. The van der Waals surface area contributed by atoms with Crippen molar-refractivity contribution in [1.29, 1.82) is 0 Å². The molecule has 0 radical (unpaired) electrons. The van der Waals surface area contributed by atoms with Gasteiger partial charge >= 0.3 is 5.97 Å². The van der Waals surface area contributed by atoms with Crippen molar-refractivity contribution in [3.05, 3.63) is 12.7 Å². The zero-order chi connectivity index (χ0) is 10.6. The van der Waals surface area contributed by atoms with Gasteiger partial charge in [0.05, 0.1) is 11.5 Å². The third-order valence-corrected chi connectivity index (χ3v) is 2.39. The minimum Gasteiger partial charge on any atom is -0.481 e. The molecule has 0 aromatic carbocycles. The van der Waals surface area contributed by atoms with Crippen LogP contribution in [-0.4, -0.2) is 21.8 Å². The van der Waals surface area contributed by atoms with Crippen LogP contribution in [0.2, 0.25) is 0 Å². The molecule has 0 bridgehead atoms. The van der Waals surface area contributed by atoms with E-state index >= 15 is 0 Å². The number of rotatable bonds is 5. The van der Waals surface area contributed by atoms with E-state index in [9.17, 15) is 9.90 Å². The van der Waals surface area contributed by atoms with Crippen molar-refractivity contribution >= 4 is 5.97 Å². The molecule has 76 valence electrons. The van der Waals surface area contributed by atoms with Gasteiger partial charge in [-0.05, 0) is 12.3 Å². The molecule has 0 aliphatic carbocycles. The molecule has 2 N–H and O–H groups in total. The monoisotopic (exact) mass is 186 g/mol. The van der Waals surface area contributed by atoms with Crippen LogP contribution in [0.25, 0.3) is 0 Å². The summed E-state index contributed by atoms with van der Waals surface area (Å²) in [7, 11) is 0. The van der Waals surface area contributed by atoms with E-state index in [-0.39, 0.29) is 5.92 Å². The Labute approximate surface area is 79.1 Å². The molecular formula is C10H18O3. The largest absolute Gasteiger partial charge is 0.481 e. The number of aliphatic carboxylic acids is 1. The third-order valence-electron chi connectivity index (χ3n) is 2.39. The highest BCUT2D eigenvalue weighted by Crippen LogP contribution is 2.29. The Hall–Kier alpha value is -0.830. The molecule has 0 fully saturated rings. The van der Waals surface area contributed by atoms with Gasteiger partial charge in [-0.1, -0.05) is 26.8 Å². The van der Waals surface area contributed by atoms with E-state index in [1.807, 2.05) is 0 Å². The van der Waals surface area contributed by atoms with Crippen LogP contribution in [0.4, 0.5) is 0 Å². The first-order valence-electron chi connectivity index (χ1n) is 4.47. The molecule has 0 aliphatic rings. The predicted octanol–water partition coefficient (Wildman–Crippen LogP) is 1.67. The Kier molecular flexibility index (Phi) is 4.14. The number of carboxylic acid groups (broad SMARTS) is 1. The van der Waals surface area contributed by atoms with Crippen LogP contribution in [0.15, 0.2) is 12.7 Å². The van der Waals surface area contributed by atoms with E-state index in [1.54, 1.807) is 20.8 Å². The van der Waals surface area contributed by atoms with Crippen molar-refractivity contribution in [1.82, 2.24) is 0 Å². The number of carboxylic acids is 1. The highest BCUT2D eigenvalue weighted by Gasteiger charge is 2.39. The number of hydrogen-bond donors (Lipinski definition) is 2. The molecule has 0 aliphatic heterocycles. The Morgan fingerprint density at radius 3 is 2.15 bits per heavy atom. The highest BCUT2D eigenvalue weighted by molar-refractivity contribution is 5.72. The van der Waals surface area contributed by atoms with Crippen molar-refractivity contribution in [2.45, 2.75) is 32.8 Å². The topological polar surface area (TPSA) is 57.5 Å². The smallest absolute Gasteiger partial charge is 0.310 e. The second-order valence-corrected chi connectivity index (χ2v) is 3.61. The average Bonchev–Trinajstić information content (AvgIpc) is 2.02. The van der Waals surface area contributed by atoms with Gasteiger partial charge < -0.3 is 10.2 Å². The summed E-state index contributed by atoms with van der Waals surface area (Å²) in [4.78, 5) is 10.9. The van der Waals surface area contributed by atoms with Crippen LogP contribution in [0.3, 0.4) is 0 Å². The van der Waals surface area contributed by atoms with Crippen molar-refractivity contribution in [2.24, 2.45) is 11.8 Å². The molecule has 0 saturated heterocycles. The first-order chi connectivity index (χ1) is 5.89. The summed E-state index contributed by atoms with van der Waals surface area (Å²) in [6, 6.07) is 0. The van der Waals surface area contributed by atoms with E-state index in [0.29, 0.717) is 6.42 Å². The molecule has 0 spiro atoms. The van der Waals surface area contributed by atoms with Crippen molar-refractivity contribution in [3.8, 4) is 0 Å². The minimum absolute atomic E-state index is 0.111. The van der Waals surface area contributed by atoms with Crippen molar-refractivity contribution in [2.75, 3.05) is 0 Å². The summed E-state index contributed by atoms with van der Waals surface area (Å²) in [5.41, 5.74) is -1.29. The fraction of sp³-hybridized carbons (Fsp3) is 0.700. The van der Waals surface area contributed by atoms with E-state index in [4.69, 9.17) is 5.11 Å². The molecule has 0 heterocycles. The Morgan fingerprint density at radius 1 is 1.62 bits per heavy atom. The zero-order valence-corrected chi connectivity index (χ0v) is 8.45. The van der Waals surface area contributed by atoms with Gasteiger partial charge in [0.1, 0.15) is 0 Å². The first kappa shape index (κ1) is 12.2. The van der Waals surface area contributed by atoms with Crippen molar-refractivity contribution in [3.63, 3.8) is 0 Å². The third kappa shape index (κ3) is 2.56. The standard InChI is InChI=1S/C10H18O3/c1-5-10(13,6-2)8(7(3)4)9(11)12/h5,7-8,13H,1,6H2,2-4H3,(H,11,12). The van der Waals surface area contributed by atoms with Gasteiger partial charge in [0, 0.05) is 0 Å². The molecule has 3 heteroatoms. The van der Waals surface area contributed by atoms with Gasteiger partial charge in [-0.25, -0.2) is 0 Å². The summed E-state index contributed by atoms with van der Waals surface area (Å²) in [5.74, 6) is -1.87. The summed E-state index contributed by atoms with van der Waals surface area (Å²) in [6.45, 7) is 8.79. The Bertz CT molecular complexity index is 198. The van der Waals surface area contributed by atoms with Crippen LogP contribution in [0, 0.1) is 11.8 Å². The van der Waals surface area contributed by atoms with Gasteiger partial charge in [0.15, 0.2) is 0 Å². The van der Waals surface area contributed by atoms with Gasteiger partial charge in [0.2, 0.25) is 0 Å². The number of hydrogen-bond acceptors (Lipinski definition) is 2. The molecule has 0 aromatic rings. The van der Waals surface area contributed by atoms with E-state index in [1.165, 1.54) is 6.08 Å². The Morgan fingerprint density at radius 2 is 2.08 bits per heavy atom. The van der Waals surface area contributed by atoms with Gasteiger partial charge in [-0.2, -0.15) is 0 Å². The lowest BCUT2D eigenvalue weighted by Crippen LogP contribution is -2.43. The van der Waals surface area contributed by atoms with Crippen molar-refractivity contribution < 1.29 is 15.0 Å². The maximum atomic E-state index is 10.9. The van der Waals surface area contributed by atoms with Gasteiger partial charge in [-0.15, -0.1) is 6.58 Å². The minimum atomic E-state index is -1.29. The number of carbonyl (C=O) groups is 1. The summed E-state index contributed by atoms with van der Waals surface area (Å²) in [6.07, 6.45) is 1.69. The van der Waals surface area contributed by atoms with E-state index < -0.39 is 17.5 Å². The fourth-order valence-electron chi connectivity index (χ4n) is 1.57. The molecule has 0 saturated carbocycles. The maximum Gasteiger partial charge on any atom is 0.310 e. The average molecular weight is 186 g/mol. The van der Waals surface area contributed by atoms with Crippen LogP contribution in [0.1, 0.15) is 27.2 Å². The second-order valence-electron chi connectivity index (χ2n) is 3.61. The lowest BCUT2D eigenvalue weighted by atomic mass is 9.78. The number of aliphatic hydroxyl groups is 1. The van der Waals surface area contributed by atoms with E-state index in [0.717, 1.165) is 0 Å². The van der Waals surface area contributed by atoms with E-state index in [2.05, 4.69) is 6.58 Å². The lowest BCUT2D eigenvalue weighted by molar-refractivity contribution is -0.152. The van der Waals surface area contributed by atoms with Crippen LogP contribution >= 0.6 is 0 Å².